The predicted octanol–water partition coefficient (Wildman–Crippen LogP) is 5.44. The van der Waals surface area contributed by atoms with Crippen LogP contribution >= 0.6 is 11.3 Å². The SMILES string of the molecule is CC(C)Cc1ccc(C(NC(=O)C2CCN(C(=O)C(C)(C)C)CC2)c2cccs2)cc1. The van der Waals surface area contributed by atoms with Gasteiger partial charge in [-0.3, -0.25) is 9.59 Å². The number of thiophene rings is 1. The number of piperidine rings is 1. The molecule has 2 aromatic rings. The number of carbonyl (C=O) groups excluding carboxylic acids is 2. The summed E-state index contributed by atoms with van der Waals surface area (Å²) in [5.74, 6) is 0.832. The molecule has 0 spiro atoms. The monoisotopic (exact) mass is 440 g/mol. The molecule has 5 heteroatoms. The van der Waals surface area contributed by atoms with E-state index < -0.39 is 0 Å². The van der Waals surface area contributed by atoms with Crippen LogP contribution in [0.2, 0.25) is 0 Å². The predicted molar refractivity (Wildman–Crippen MR) is 128 cm³/mol. The molecule has 1 atom stereocenters. The number of hydrogen-bond acceptors (Lipinski definition) is 3. The third kappa shape index (κ3) is 6.19. The van der Waals surface area contributed by atoms with Crippen LogP contribution in [0.1, 0.15) is 69.5 Å². The Hall–Kier alpha value is -2.14. The standard InChI is InChI=1S/C26H36N2O2S/c1-18(2)17-19-8-10-20(11-9-19)23(22-7-6-16-31-22)27-24(29)21-12-14-28(15-13-21)25(30)26(3,4)5/h6-11,16,18,21,23H,12-15,17H2,1-5H3,(H,27,29). The molecule has 1 unspecified atom stereocenters. The minimum Gasteiger partial charge on any atom is -0.344 e. The lowest BCUT2D eigenvalue weighted by Gasteiger charge is -2.35. The summed E-state index contributed by atoms with van der Waals surface area (Å²) in [6, 6.07) is 12.6. The number of rotatable bonds is 6. The number of hydrogen-bond donors (Lipinski definition) is 1. The van der Waals surface area contributed by atoms with Crippen molar-refractivity contribution >= 4 is 23.2 Å². The van der Waals surface area contributed by atoms with E-state index in [0.29, 0.717) is 19.0 Å². The summed E-state index contributed by atoms with van der Waals surface area (Å²) >= 11 is 1.67. The first kappa shape index (κ1) is 23.5. The Kier molecular flexibility index (Phi) is 7.58. The first-order chi connectivity index (χ1) is 14.6. The molecule has 1 N–H and O–H groups in total. The fourth-order valence-electron chi connectivity index (χ4n) is 4.17. The molecular weight excluding hydrogens is 404 g/mol. The lowest BCUT2D eigenvalue weighted by atomic mass is 9.90. The van der Waals surface area contributed by atoms with Crippen molar-refractivity contribution in [2.24, 2.45) is 17.3 Å². The third-order valence-electron chi connectivity index (χ3n) is 5.87. The van der Waals surface area contributed by atoms with Crippen LogP contribution in [-0.4, -0.2) is 29.8 Å². The highest BCUT2D eigenvalue weighted by Gasteiger charge is 2.33. The molecule has 1 fully saturated rings. The van der Waals surface area contributed by atoms with Crippen LogP contribution in [0, 0.1) is 17.3 Å². The summed E-state index contributed by atoms with van der Waals surface area (Å²) < 4.78 is 0. The average Bonchev–Trinajstić information content (AvgIpc) is 3.25. The number of nitrogens with zero attached hydrogens (tertiary/aromatic N) is 1. The fourth-order valence-corrected chi connectivity index (χ4v) is 4.97. The van der Waals surface area contributed by atoms with E-state index in [2.05, 4.69) is 54.9 Å². The van der Waals surface area contributed by atoms with E-state index >= 15 is 0 Å². The van der Waals surface area contributed by atoms with Crippen molar-refractivity contribution in [2.45, 2.75) is 59.9 Å². The van der Waals surface area contributed by atoms with Crippen LogP contribution in [0.15, 0.2) is 41.8 Å². The van der Waals surface area contributed by atoms with Crippen LogP contribution < -0.4 is 5.32 Å². The maximum atomic E-state index is 13.2. The normalized spacial score (nSPS) is 16.4. The van der Waals surface area contributed by atoms with Gasteiger partial charge in [0.1, 0.15) is 0 Å². The van der Waals surface area contributed by atoms with Crippen molar-refractivity contribution in [1.82, 2.24) is 10.2 Å². The number of carbonyl (C=O) groups is 2. The fraction of sp³-hybridized carbons (Fsp3) is 0.538. The number of nitrogens with one attached hydrogen (secondary N) is 1. The van der Waals surface area contributed by atoms with Crippen LogP contribution in [0.3, 0.4) is 0 Å². The zero-order valence-corrected chi connectivity index (χ0v) is 20.3. The molecule has 4 nitrogen and oxygen atoms in total. The van der Waals surface area contributed by atoms with E-state index in [1.165, 1.54) is 5.56 Å². The van der Waals surface area contributed by atoms with Gasteiger partial charge in [-0.05, 0) is 47.8 Å². The van der Waals surface area contributed by atoms with Crippen molar-refractivity contribution in [3.63, 3.8) is 0 Å². The lowest BCUT2D eigenvalue weighted by molar-refractivity contribution is -0.142. The van der Waals surface area contributed by atoms with Gasteiger partial charge in [-0.1, -0.05) is 65.0 Å². The van der Waals surface area contributed by atoms with E-state index in [0.717, 1.165) is 29.7 Å². The molecule has 3 rings (SSSR count). The quantitative estimate of drug-likeness (QED) is 0.650. The largest absolute Gasteiger partial charge is 0.344 e. The molecule has 2 amide bonds. The Bertz CT molecular complexity index is 858. The molecule has 1 aliphatic rings. The summed E-state index contributed by atoms with van der Waals surface area (Å²) in [6.07, 6.45) is 2.50. The van der Waals surface area contributed by atoms with E-state index in [9.17, 15) is 9.59 Å². The van der Waals surface area contributed by atoms with Crippen LogP contribution in [-0.2, 0) is 16.0 Å². The van der Waals surface area contributed by atoms with Gasteiger partial charge in [0.15, 0.2) is 0 Å². The van der Waals surface area contributed by atoms with Gasteiger partial charge < -0.3 is 10.2 Å². The van der Waals surface area contributed by atoms with Crippen molar-refractivity contribution < 1.29 is 9.59 Å². The highest BCUT2D eigenvalue weighted by molar-refractivity contribution is 7.10. The molecule has 0 radical (unpaired) electrons. The van der Waals surface area contributed by atoms with Crippen LogP contribution in [0.5, 0.6) is 0 Å². The maximum Gasteiger partial charge on any atom is 0.227 e. The molecule has 1 saturated heterocycles. The topological polar surface area (TPSA) is 49.4 Å². The zero-order chi connectivity index (χ0) is 22.6. The van der Waals surface area contributed by atoms with Gasteiger partial charge in [0.2, 0.25) is 11.8 Å². The lowest BCUT2D eigenvalue weighted by Crippen LogP contribution is -2.47. The molecular formula is C26H36N2O2S. The summed E-state index contributed by atoms with van der Waals surface area (Å²) in [6.45, 7) is 11.6. The first-order valence-corrected chi connectivity index (χ1v) is 12.2. The van der Waals surface area contributed by atoms with Crippen LogP contribution in [0.25, 0.3) is 0 Å². The van der Waals surface area contributed by atoms with Crippen molar-refractivity contribution in [1.29, 1.82) is 0 Å². The molecule has 0 bridgehead atoms. The van der Waals surface area contributed by atoms with Gasteiger partial charge >= 0.3 is 0 Å². The first-order valence-electron chi connectivity index (χ1n) is 11.4. The van der Waals surface area contributed by atoms with E-state index in [-0.39, 0.29) is 29.2 Å². The van der Waals surface area contributed by atoms with Gasteiger partial charge in [-0.25, -0.2) is 0 Å². The smallest absolute Gasteiger partial charge is 0.227 e. The second-order valence-electron chi connectivity index (χ2n) is 10.1. The summed E-state index contributed by atoms with van der Waals surface area (Å²) in [7, 11) is 0. The molecule has 2 heterocycles. The van der Waals surface area contributed by atoms with E-state index in [1.54, 1.807) is 11.3 Å². The van der Waals surface area contributed by atoms with Crippen LogP contribution in [0.4, 0.5) is 0 Å². The van der Waals surface area contributed by atoms with Gasteiger partial charge in [0, 0.05) is 29.3 Å². The third-order valence-corrected chi connectivity index (χ3v) is 6.80. The van der Waals surface area contributed by atoms with Gasteiger partial charge in [-0.2, -0.15) is 0 Å². The molecule has 1 aromatic heterocycles. The second-order valence-corrected chi connectivity index (χ2v) is 11.1. The number of amides is 2. The average molecular weight is 441 g/mol. The Morgan fingerprint density at radius 3 is 2.26 bits per heavy atom. The molecule has 1 aromatic carbocycles. The summed E-state index contributed by atoms with van der Waals surface area (Å²) in [5.41, 5.74) is 2.07. The number of benzene rings is 1. The highest BCUT2D eigenvalue weighted by atomic mass is 32.1. The maximum absolute atomic E-state index is 13.2. The van der Waals surface area contributed by atoms with Gasteiger partial charge in [0.25, 0.3) is 0 Å². The van der Waals surface area contributed by atoms with Gasteiger partial charge in [-0.15, -0.1) is 11.3 Å². The Balaban J connectivity index is 1.67. The van der Waals surface area contributed by atoms with Crippen molar-refractivity contribution in [2.75, 3.05) is 13.1 Å². The van der Waals surface area contributed by atoms with E-state index in [1.807, 2.05) is 31.7 Å². The highest BCUT2D eigenvalue weighted by Crippen LogP contribution is 2.29. The minimum atomic E-state index is -0.374. The molecule has 1 aliphatic heterocycles. The summed E-state index contributed by atoms with van der Waals surface area (Å²) in [5, 5.41) is 5.36. The zero-order valence-electron chi connectivity index (χ0n) is 19.5. The molecule has 168 valence electrons. The second kappa shape index (κ2) is 9.99. The molecule has 0 aliphatic carbocycles. The Morgan fingerprint density at radius 1 is 1.10 bits per heavy atom. The van der Waals surface area contributed by atoms with Crippen molar-refractivity contribution in [3.8, 4) is 0 Å². The Morgan fingerprint density at radius 2 is 1.74 bits per heavy atom. The minimum absolute atomic E-state index is 0.0494. The van der Waals surface area contributed by atoms with Crippen molar-refractivity contribution in [3.05, 3.63) is 57.8 Å². The number of likely N-dealkylation sites (tertiary alicyclic amines) is 1. The van der Waals surface area contributed by atoms with E-state index in [4.69, 9.17) is 0 Å². The summed E-state index contributed by atoms with van der Waals surface area (Å²) in [4.78, 5) is 28.7. The van der Waals surface area contributed by atoms with Gasteiger partial charge in [0.05, 0.1) is 6.04 Å². The molecule has 31 heavy (non-hydrogen) atoms. The Labute approximate surface area is 191 Å². The molecule has 0 saturated carbocycles.